The molecule has 2 rings (SSSR count). The molecule has 0 saturated heterocycles. The molecule has 0 bridgehead atoms. The molecule has 0 fully saturated rings. The van der Waals surface area contributed by atoms with Crippen molar-refractivity contribution < 1.29 is 127 Å². The summed E-state index contributed by atoms with van der Waals surface area (Å²) < 4.78 is 5.37. The van der Waals surface area contributed by atoms with Gasteiger partial charge < -0.3 is 24.5 Å². The van der Waals surface area contributed by atoms with E-state index in [1.807, 2.05) is 0 Å². The summed E-state index contributed by atoms with van der Waals surface area (Å²) in [5.41, 5.74) is -0.265. The van der Waals surface area contributed by atoms with E-state index in [0.29, 0.717) is 5.56 Å². The molecule has 0 saturated carbocycles. The van der Waals surface area contributed by atoms with Crippen LogP contribution in [-0.4, -0.2) is 11.9 Å². The number of aromatic carboxylic acids is 2. The van der Waals surface area contributed by atoms with Crippen LogP contribution >= 0.6 is 0 Å². The average molecular weight is 358 g/mol. The molecule has 0 amide bonds. The number of carboxylic acid groups (broad SMARTS) is 2. The second-order valence-corrected chi connectivity index (χ2v) is 4.03. The predicted molar refractivity (Wildman–Crippen MR) is 69.6 cm³/mol. The Morgan fingerprint density at radius 1 is 0.957 bits per heavy atom. The molecule has 0 unspecified atom stereocenters. The van der Waals surface area contributed by atoms with Gasteiger partial charge in [-0.05, 0) is 30.3 Å². The third-order valence-electron chi connectivity index (χ3n) is 2.68. The number of terminal acetylenes is 1. The van der Waals surface area contributed by atoms with Gasteiger partial charge in [0.05, 0.1) is 11.9 Å². The van der Waals surface area contributed by atoms with Gasteiger partial charge in [-0.15, -0.1) is 6.42 Å². The van der Waals surface area contributed by atoms with Crippen molar-refractivity contribution in [2.24, 2.45) is 0 Å². The molecule has 104 valence electrons. The zero-order chi connectivity index (χ0) is 15.4. The number of para-hydroxylation sites is 1. The number of hydrogen-bond acceptors (Lipinski definition) is 5. The zero-order valence-corrected chi connectivity index (χ0v) is 18.9. The Hall–Kier alpha value is 0.0127. The molecule has 0 spiro atoms. The number of carbonyl (C=O) groups excluding carboxylic acids is 2. The standard InChI is InChI=1S/C16H10O5.2K/c1-2-10-5-3-6-11(9-10)21-14-12(15(17)18)7-4-8-13(14)16(19)20;;/h1,3-9H,(H,17,18)(H,19,20);;/q;2*+1/p-2. The maximum atomic E-state index is 11.1. The molecular formula is C16H8K2O5. The molecule has 0 aliphatic carbocycles. The second kappa shape index (κ2) is 10.8. The molecular weight excluding hydrogens is 350 g/mol. The van der Waals surface area contributed by atoms with Gasteiger partial charge in [0, 0.05) is 16.7 Å². The van der Waals surface area contributed by atoms with Crippen LogP contribution < -0.4 is 118 Å². The van der Waals surface area contributed by atoms with Crippen molar-refractivity contribution in [2.45, 2.75) is 0 Å². The molecule has 0 heterocycles. The summed E-state index contributed by atoms with van der Waals surface area (Å²) in [6.45, 7) is 0. The summed E-state index contributed by atoms with van der Waals surface area (Å²) in [4.78, 5) is 22.1. The van der Waals surface area contributed by atoms with Crippen LogP contribution in [0.25, 0.3) is 0 Å². The van der Waals surface area contributed by atoms with Crippen LogP contribution in [0.2, 0.25) is 0 Å². The number of carbonyl (C=O) groups is 2. The van der Waals surface area contributed by atoms with Crippen molar-refractivity contribution in [3.63, 3.8) is 0 Å². The largest absolute Gasteiger partial charge is 1.00 e. The Morgan fingerprint density at radius 3 is 1.96 bits per heavy atom. The van der Waals surface area contributed by atoms with E-state index in [2.05, 4.69) is 5.92 Å². The van der Waals surface area contributed by atoms with Gasteiger partial charge in [0.15, 0.2) is 0 Å². The van der Waals surface area contributed by atoms with E-state index in [-0.39, 0.29) is 125 Å². The summed E-state index contributed by atoms with van der Waals surface area (Å²) in [7, 11) is 0. The van der Waals surface area contributed by atoms with Crippen LogP contribution in [0.1, 0.15) is 26.3 Å². The van der Waals surface area contributed by atoms with E-state index in [1.165, 1.54) is 30.3 Å². The zero-order valence-electron chi connectivity index (χ0n) is 12.7. The van der Waals surface area contributed by atoms with Crippen molar-refractivity contribution >= 4 is 11.9 Å². The quantitative estimate of drug-likeness (QED) is 0.401. The summed E-state index contributed by atoms with van der Waals surface area (Å²) in [6.07, 6.45) is 5.25. The molecule has 7 heteroatoms. The Balaban J connectivity index is 0.00000242. The third-order valence-corrected chi connectivity index (χ3v) is 2.68. The average Bonchev–Trinajstić information content (AvgIpc) is 2.47. The monoisotopic (exact) mass is 358 g/mol. The van der Waals surface area contributed by atoms with Gasteiger partial charge >= 0.3 is 103 Å². The molecule has 0 aliphatic rings. The Labute approximate surface area is 218 Å². The first-order chi connectivity index (χ1) is 10.0. The van der Waals surface area contributed by atoms with E-state index < -0.39 is 11.9 Å². The van der Waals surface area contributed by atoms with E-state index in [9.17, 15) is 19.8 Å². The van der Waals surface area contributed by atoms with E-state index >= 15 is 0 Å². The van der Waals surface area contributed by atoms with Gasteiger partial charge in [0.2, 0.25) is 0 Å². The Bertz CT molecular complexity index is 733. The Kier molecular flexibility index (Phi) is 10.8. The van der Waals surface area contributed by atoms with E-state index in [0.717, 1.165) is 0 Å². The fourth-order valence-corrected chi connectivity index (χ4v) is 1.74. The maximum Gasteiger partial charge on any atom is 1.00 e. The van der Waals surface area contributed by atoms with Crippen LogP contribution in [0.5, 0.6) is 11.5 Å². The number of rotatable bonds is 4. The van der Waals surface area contributed by atoms with Crippen LogP contribution in [0.3, 0.4) is 0 Å². The van der Waals surface area contributed by atoms with Gasteiger partial charge in [0.25, 0.3) is 0 Å². The molecule has 2 aromatic rings. The fraction of sp³-hybridized carbons (Fsp3) is 0. The van der Waals surface area contributed by atoms with Crippen LogP contribution in [0, 0.1) is 12.3 Å². The Morgan fingerprint density at radius 2 is 1.48 bits per heavy atom. The summed E-state index contributed by atoms with van der Waals surface area (Å²) in [5, 5.41) is 22.1. The summed E-state index contributed by atoms with van der Waals surface area (Å²) in [5.74, 6) is -0.863. The first-order valence-corrected chi connectivity index (χ1v) is 5.83. The summed E-state index contributed by atoms with van der Waals surface area (Å²) in [6, 6.07) is 9.88. The van der Waals surface area contributed by atoms with Gasteiger partial charge in [-0.25, -0.2) is 0 Å². The van der Waals surface area contributed by atoms with E-state index in [1.54, 1.807) is 12.1 Å². The second-order valence-electron chi connectivity index (χ2n) is 4.03. The van der Waals surface area contributed by atoms with Crippen molar-refractivity contribution in [1.82, 2.24) is 0 Å². The molecule has 5 nitrogen and oxygen atoms in total. The number of hydrogen-bond donors (Lipinski definition) is 0. The van der Waals surface area contributed by atoms with Crippen molar-refractivity contribution in [3.8, 4) is 23.8 Å². The minimum atomic E-state index is -1.55. The molecule has 0 atom stereocenters. The summed E-state index contributed by atoms with van der Waals surface area (Å²) >= 11 is 0. The van der Waals surface area contributed by atoms with Gasteiger partial charge in [0.1, 0.15) is 11.5 Å². The van der Waals surface area contributed by atoms with Gasteiger partial charge in [-0.3, -0.25) is 0 Å². The fourth-order valence-electron chi connectivity index (χ4n) is 1.74. The smallest absolute Gasteiger partial charge is 0.545 e. The van der Waals surface area contributed by atoms with Gasteiger partial charge in [-0.1, -0.05) is 18.1 Å². The molecule has 2 aromatic carbocycles. The predicted octanol–water partition coefficient (Wildman–Crippen LogP) is -5.80. The molecule has 0 aliphatic heterocycles. The number of carboxylic acids is 2. The van der Waals surface area contributed by atoms with Crippen LogP contribution in [0.15, 0.2) is 42.5 Å². The van der Waals surface area contributed by atoms with Crippen molar-refractivity contribution in [1.29, 1.82) is 0 Å². The van der Waals surface area contributed by atoms with Gasteiger partial charge in [-0.2, -0.15) is 0 Å². The minimum Gasteiger partial charge on any atom is -0.545 e. The number of benzene rings is 2. The SMILES string of the molecule is C#Cc1cccc(Oc2c(C(=O)[O-])cccc2C(=O)[O-])c1.[K+].[K+]. The van der Waals surface area contributed by atoms with Crippen LogP contribution in [-0.2, 0) is 0 Å². The normalized spacial score (nSPS) is 8.83. The molecule has 0 aromatic heterocycles. The van der Waals surface area contributed by atoms with Crippen molar-refractivity contribution in [3.05, 3.63) is 59.2 Å². The number of ether oxygens (including phenoxy) is 1. The first-order valence-electron chi connectivity index (χ1n) is 5.83. The van der Waals surface area contributed by atoms with Crippen LogP contribution in [0.4, 0.5) is 0 Å². The molecule has 0 N–H and O–H groups in total. The minimum absolute atomic E-state index is 0. The topological polar surface area (TPSA) is 89.5 Å². The molecule has 23 heavy (non-hydrogen) atoms. The maximum absolute atomic E-state index is 11.1. The van der Waals surface area contributed by atoms with E-state index in [4.69, 9.17) is 11.2 Å². The van der Waals surface area contributed by atoms with Crippen molar-refractivity contribution in [2.75, 3.05) is 0 Å². The molecule has 0 radical (unpaired) electrons. The third kappa shape index (κ3) is 6.10. The first kappa shape index (κ1) is 23.0.